The van der Waals surface area contributed by atoms with Gasteiger partial charge in [0.05, 0.1) is 31.1 Å². The number of benzene rings is 10. The number of aryl methyl sites for hydroxylation is 4. The van der Waals surface area contributed by atoms with Gasteiger partial charge in [-0.3, -0.25) is 38.8 Å². The topological polar surface area (TPSA) is 131 Å². The molecule has 5 aliphatic rings. The molecule has 0 aliphatic carbocycles. The minimum absolute atomic E-state index is 0. The lowest BCUT2D eigenvalue weighted by Gasteiger charge is -2.28. The Bertz CT molecular complexity index is 4240. The monoisotopic (exact) mass is 1360 g/mol. The van der Waals surface area contributed by atoms with Crippen molar-refractivity contribution in [2.24, 2.45) is 0 Å². The first kappa shape index (κ1) is 74.3. The standard InChI is InChI=1S/3C18H19NO.C17H17NO.C16H18N2O2S.CH4/c3*1-14-6-8-16(9-7-14)18(20)13-19-11-10-15-4-2-3-5-17(15)12-19;19-17(15-7-2-1-3-8-15)13-18-11-10-14-6-4-5-9-16(14)12-18;1-13-6-8-16(9-7-13)21(19,20)17-18-11-10-14-4-2-3-5-15(14)12-18;/h3*2-9H,10-13H2,1H3;1-9H,10-13H2;2-9,17H,10-12H2,1H3;1H4. The number of nitrogens with zero attached hydrogens (tertiary/aromatic N) is 5. The van der Waals surface area contributed by atoms with Gasteiger partial charge in [0.25, 0.3) is 10.0 Å². The maximum atomic E-state index is 12.4. The first-order valence-corrected chi connectivity index (χ1v) is 36.5. The lowest BCUT2D eigenvalue weighted by molar-refractivity contribution is 0.0913. The van der Waals surface area contributed by atoms with Crippen molar-refractivity contribution in [3.05, 3.63) is 349 Å². The lowest BCUT2D eigenvalue weighted by atomic mass is 9.99. The Balaban J connectivity index is 0.000000136. The maximum Gasteiger partial charge on any atom is 0.253 e. The Labute approximate surface area is 599 Å². The second kappa shape index (κ2) is 36.3. The number of ketones is 4. The minimum Gasteiger partial charge on any atom is -0.293 e. The zero-order chi connectivity index (χ0) is 69.8. The van der Waals surface area contributed by atoms with Crippen LogP contribution in [-0.4, -0.2) is 115 Å². The van der Waals surface area contributed by atoms with E-state index in [2.05, 4.69) is 128 Å². The SMILES string of the molecule is C.Cc1ccc(C(=O)CN2CCc3ccccc3C2)cc1.Cc1ccc(C(=O)CN2CCc3ccccc3C2)cc1.Cc1ccc(C(=O)CN2CCc3ccccc3C2)cc1.Cc1ccc(S(=O)(=O)NN2CCc3ccccc3C2)cc1.O=C(CN1CCc2ccccc2C1)c1ccccc1. The molecule has 1 N–H and O–H groups in total. The molecule has 0 unspecified atom stereocenters. The molecule has 5 heterocycles. The van der Waals surface area contributed by atoms with E-state index in [1.165, 1.54) is 72.3 Å². The molecule has 101 heavy (non-hydrogen) atoms. The van der Waals surface area contributed by atoms with Crippen LogP contribution in [0.5, 0.6) is 0 Å². The van der Waals surface area contributed by atoms with Gasteiger partial charge in [-0.25, -0.2) is 13.4 Å². The molecule has 0 aromatic heterocycles. The molecule has 0 atom stereocenters. The van der Waals surface area contributed by atoms with E-state index in [1.807, 2.05) is 149 Å². The normalized spacial score (nSPS) is 14.9. The number of rotatable bonds is 15. The molecule has 5 aliphatic heterocycles. The summed E-state index contributed by atoms with van der Waals surface area (Å²) in [4.78, 5) is 61.0. The van der Waals surface area contributed by atoms with Crippen LogP contribution >= 0.6 is 0 Å². The van der Waals surface area contributed by atoms with Crippen molar-refractivity contribution >= 4 is 33.2 Å². The number of fused-ring (bicyclic) bond motifs is 5. The first-order valence-electron chi connectivity index (χ1n) is 35.0. The van der Waals surface area contributed by atoms with E-state index < -0.39 is 10.0 Å². The highest BCUT2D eigenvalue weighted by Gasteiger charge is 2.25. The average Bonchev–Trinajstić information content (AvgIpc) is 0.850. The molecule has 0 spiro atoms. The van der Waals surface area contributed by atoms with Crippen molar-refractivity contribution in [1.82, 2.24) is 29.4 Å². The molecule has 520 valence electrons. The lowest BCUT2D eigenvalue weighted by Crippen LogP contribution is -2.44. The Morgan fingerprint density at radius 2 is 0.515 bits per heavy atom. The van der Waals surface area contributed by atoms with E-state index in [0.717, 1.165) is 112 Å². The Hall–Kier alpha value is -9.41. The second-order valence-electron chi connectivity index (χ2n) is 26.9. The van der Waals surface area contributed by atoms with Gasteiger partial charge in [-0.15, -0.1) is 4.83 Å². The molecule has 10 aromatic rings. The van der Waals surface area contributed by atoms with Crippen LogP contribution in [0.1, 0.15) is 127 Å². The molecular formula is C88H96N6O6S. The van der Waals surface area contributed by atoms with Crippen LogP contribution < -0.4 is 4.83 Å². The summed E-state index contributed by atoms with van der Waals surface area (Å²) in [5, 5.41) is 1.76. The molecule has 0 saturated carbocycles. The van der Waals surface area contributed by atoms with E-state index in [-0.39, 0.29) is 30.6 Å². The van der Waals surface area contributed by atoms with Gasteiger partial charge in [-0.05, 0) is 128 Å². The van der Waals surface area contributed by atoms with Crippen molar-refractivity contribution in [2.45, 2.75) is 105 Å². The predicted molar refractivity (Wildman–Crippen MR) is 408 cm³/mol. The smallest absolute Gasteiger partial charge is 0.253 e. The van der Waals surface area contributed by atoms with Gasteiger partial charge < -0.3 is 0 Å². The number of Topliss-reactive ketones (excluding diaryl/α,β-unsaturated/α-hetero) is 4. The zero-order valence-electron chi connectivity index (χ0n) is 58.2. The fourth-order valence-corrected chi connectivity index (χ4v) is 14.4. The maximum absolute atomic E-state index is 12.4. The van der Waals surface area contributed by atoms with Gasteiger partial charge in [-0.1, -0.05) is 266 Å². The summed E-state index contributed by atoms with van der Waals surface area (Å²) in [5.41, 5.74) is 21.4. The highest BCUT2D eigenvalue weighted by Crippen LogP contribution is 2.25. The van der Waals surface area contributed by atoms with Crippen LogP contribution in [0.3, 0.4) is 0 Å². The molecule has 0 bridgehead atoms. The largest absolute Gasteiger partial charge is 0.293 e. The van der Waals surface area contributed by atoms with Crippen molar-refractivity contribution in [1.29, 1.82) is 0 Å². The number of carbonyl (C=O) groups is 4. The van der Waals surface area contributed by atoms with Crippen LogP contribution in [0.2, 0.25) is 0 Å². The fourth-order valence-electron chi connectivity index (χ4n) is 13.3. The molecular weight excluding hydrogens is 1270 g/mol. The number of hydrogen-bond donors (Lipinski definition) is 1. The zero-order valence-corrected chi connectivity index (χ0v) is 59.0. The Kier molecular flexibility index (Phi) is 26.7. The molecule has 0 radical (unpaired) electrons. The van der Waals surface area contributed by atoms with Gasteiger partial charge in [0.15, 0.2) is 23.1 Å². The summed E-state index contributed by atoms with van der Waals surface area (Å²) >= 11 is 0. The molecule has 0 saturated heterocycles. The Morgan fingerprint density at radius 3 is 0.802 bits per heavy atom. The second-order valence-corrected chi connectivity index (χ2v) is 28.6. The van der Waals surface area contributed by atoms with Crippen LogP contribution in [0, 0.1) is 27.7 Å². The third-order valence-corrected chi connectivity index (χ3v) is 20.6. The number of sulfonamides is 1. The molecule has 0 amide bonds. The molecule has 12 nitrogen and oxygen atoms in total. The Morgan fingerprint density at radius 1 is 0.287 bits per heavy atom. The number of hydrazine groups is 1. The van der Waals surface area contributed by atoms with Gasteiger partial charge in [-0.2, -0.15) is 0 Å². The van der Waals surface area contributed by atoms with Crippen molar-refractivity contribution in [3.63, 3.8) is 0 Å². The number of carbonyl (C=O) groups excluding carboxylic acids is 4. The third-order valence-electron chi connectivity index (χ3n) is 19.2. The predicted octanol–water partition coefficient (Wildman–Crippen LogP) is 15.5. The van der Waals surface area contributed by atoms with Crippen LogP contribution in [0.15, 0.2) is 254 Å². The van der Waals surface area contributed by atoms with E-state index in [1.54, 1.807) is 29.3 Å². The number of hydrogen-bond acceptors (Lipinski definition) is 11. The molecule has 13 heteroatoms. The third kappa shape index (κ3) is 21.6. The van der Waals surface area contributed by atoms with Crippen LogP contribution in [0.25, 0.3) is 0 Å². The first-order chi connectivity index (χ1) is 48.5. The van der Waals surface area contributed by atoms with Crippen molar-refractivity contribution < 1.29 is 27.6 Å². The van der Waals surface area contributed by atoms with Crippen molar-refractivity contribution in [2.75, 3.05) is 58.9 Å². The van der Waals surface area contributed by atoms with Crippen molar-refractivity contribution in [3.8, 4) is 0 Å². The number of nitrogens with one attached hydrogen (secondary N) is 1. The van der Waals surface area contributed by atoms with E-state index in [0.29, 0.717) is 44.2 Å². The summed E-state index contributed by atoms with van der Waals surface area (Å²) in [6.45, 7) is 18.8. The molecule has 0 fully saturated rings. The van der Waals surface area contributed by atoms with Crippen LogP contribution in [-0.2, 0) is 74.9 Å². The van der Waals surface area contributed by atoms with E-state index in [4.69, 9.17) is 0 Å². The van der Waals surface area contributed by atoms with Gasteiger partial charge in [0.1, 0.15) is 0 Å². The summed E-state index contributed by atoms with van der Waals surface area (Å²) < 4.78 is 24.7. The average molecular weight is 1370 g/mol. The van der Waals surface area contributed by atoms with Crippen LogP contribution in [0.4, 0.5) is 0 Å². The summed E-state index contributed by atoms with van der Waals surface area (Å²) in [7, 11) is -3.50. The van der Waals surface area contributed by atoms with E-state index in [9.17, 15) is 27.6 Å². The highest BCUT2D eigenvalue weighted by molar-refractivity contribution is 7.89. The van der Waals surface area contributed by atoms with Gasteiger partial charge >= 0.3 is 0 Å². The highest BCUT2D eigenvalue weighted by atomic mass is 32.2. The molecule has 15 rings (SSSR count). The summed E-state index contributed by atoms with van der Waals surface area (Å²) in [6, 6.07) is 82.2. The minimum atomic E-state index is -3.50. The summed E-state index contributed by atoms with van der Waals surface area (Å²) in [6.07, 6.45) is 5.01. The molecule has 10 aromatic carbocycles. The summed E-state index contributed by atoms with van der Waals surface area (Å²) in [5.74, 6) is 0.845. The quantitative estimate of drug-likeness (QED) is 0.0985. The van der Waals surface area contributed by atoms with Gasteiger partial charge in [0, 0.05) is 87.7 Å². The van der Waals surface area contributed by atoms with E-state index >= 15 is 0 Å². The van der Waals surface area contributed by atoms with Gasteiger partial charge in [0.2, 0.25) is 0 Å². The fraction of sp³-hybridized carbons (Fsp3) is 0.273.